The average molecular weight is 347 g/mol. The third kappa shape index (κ3) is 3.44. The molecule has 1 aromatic carbocycles. The predicted molar refractivity (Wildman–Crippen MR) is 92.3 cm³/mol. The number of nitrogens with zero attached hydrogens (tertiary/aromatic N) is 4. The normalized spacial score (nSPS) is 10.5. The molecule has 0 fully saturated rings. The van der Waals surface area contributed by atoms with Crippen molar-refractivity contribution in [2.75, 3.05) is 5.32 Å². The third-order valence-corrected chi connectivity index (χ3v) is 3.51. The van der Waals surface area contributed by atoms with Crippen LogP contribution >= 0.6 is 0 Å². The number of ether oxygens (including phenoxy) is 1. The van der Waals surface area contributed by atoms with E-state index in [2.05, 4.69) is 20.5 Å². The van der Waals surface area contributed by atoms with Gasteiger partial charge in [0, 0.05) is 24.1 Å². The van der Waals surface area contributed by atoms with Crippen LogP contribution in [0.2, 0.25) is 0 Å². The smallest absolute Gasteiger partial charge is 0.258 e. The van der Waals surface area contributed by atoms with E-state index in [1.165, 1.54) is 12.5 Å². The zero-order valence-corrected chi connectivity index (χ0v) is 13.4. The molecule has 26 heavy (non-hydrogen) atoms. The Morgan fingerprint density at radius 3 is 2.62 bits per heavy atom. The van der Waals surface area contributed by atoms with Gasteiger partial charge in [0.15, 0.2) is 5.82 Å². The Morgan fingerprint density at radius 1 is 1.08 bits per heavy atom. The average Bonchev–Trinajstić information content (AvgIpc) is 3.38. The van der Waals surface area contributed by atoms with Gasteiger partial charge in [-0.3, -0.25) is 9.36 Å². The Kier molecular flexibility index (Phi) is 4.13. The number of amides is 1. The number of imidazole rings is 1. The minimum atomic E-state index is -0.242. The number of carbonyl (C=O) groups excluding carboxylic acids is 1. The summed E-state index contributed by atoms with van der Waals surface area (Å²) in [5, 5.41) is 10.9. The first-order valence-corrected chi connectivity index (χ1v) is 7.71. The summed E-state index contributed by atoms with van der Waals surface area (Å²) in [7, 11) is 0. The molecule has 0 spiro atoms. The lowest BCUT2D eigenvalue weighted by Gasteiger charge is -2.07. The Bertz CT molecular complexity index is 979. The molecule has 0 radical (unpaired) electrons. The summed E-state index contributed by atoms with van der Waals surface area (Å²) in [5.74, 6) is 1.35. The van der Waals surface area contributed by atoms with E-state index in [1.54, 1.807) is 65.8 Å². The van der Waals surface area contributed by atoms with E-state index in [4.69, 9.17) is 9.15 Å². The summed E-state index contributed by atoms with van der Waals surface area (Å²) in [6.07, 6.45) is 7.92. The number of nitrogens with one attached hydrogen (secondary N) is 1. The van der Waals surface area contributed by atoms with Gasteiger partial charge in [-0.2, -0.15) is 0 Å². The van der Waals surface area contributed by atoms with Gasteiger partial charge in [-0.25, -0.2) is 4.98 Å². The van der Waals surface area contributed by atoms with E-state index < -0.39 is 0 Å². The summed E-state index contributed by atoms with van der Waals surface area (Å²) in [6.45, 7) is 0. The largest absolute Gasteiger partial charge is 0.472 e. The van der Waals surface area contributed by atoms with Crippen LogP contribution in [-0.2, 0) is 0 Å². The van der Waals surface area contributed by atoms with E-state index in [0.717, 1.165) is 0 Å². The molecule has 8 heteroatoms. The second kappa shape index (κ2) is 6.89. The van der Waals surface area contributed by atoms with Crippen LogP contribution in [0, 0.1) is 0 Å². The molecular weight excluding hydrogens is 334 g/mol. The zero-order chi connectivity index (χ0) is 17.8. The second-order valence-corrected chi connectivity index (χ2v) is 5.29. The zero-order valence-electron chi connectivity index (χ0n) is 13.4. The van der Waals surface area contributed by atoms with Crippen LogP contribution < -0.4 is 10.1 Å². The molecule has 8 nitrogen and oxygen atoms in total. The number of carbonyl (C=O) groups is 1. The topological polar surface area (TPSA) is 95.1 Å². The molecule has 0 saturated carbocycles. The van der Waals surface area contributed by atoms with Crippen molar-refractivity contribution >= 4 is 11.6 Å². The molecule has 0 aliphatic carbocycles. The molecule has 0 aliphatic heterocycles. The van der Waals surface area contributed by atoms with Gasteiger partial charge in [-0.1, -0.05) is 0 Å². The van der Waals surface area contributed by atoms with Crippen LogP contribution in [0.5, 0.6) is 11.6 Å². The molecular formula is C18H13N5O3. The maximum absolute atomic E-state index is 12.0. The molecule has 4 aromatic rings. The van der Waals surface area contributed by atoms with Crippen LogP contribution in [-0.4, -0.2) is 25.7 Å². The first-order chi connectivity index (χ1) is 12.8. The molecule has 0 unspecified atom stereocenters. The molecule has 3 heterocycles. The van der Waals surface area contributed by atoms with E-state index in [9.17, 15) is 4.79 Å². The van der Waals surface area contributed by atoms with Crippen LogP contribution in [0.3, 0.4) is 0 Å². The second-order valence-electron chi connectivity index (χ2n) is 5.29. The molecule has 0 atom stereocenters. The third-order valence-electron chi connectivity index (χ3n) is 3.51. The maximum atomic E-state index is 12.0. The van der Waals surface area contributed by atoms with Gasteiger partial charge >= 0.3 is 0 Å². The molecule has 0 aliphatic rings. The summed E-state index contributed by atoms with van der Waals surface area (Å²) in [6, 6.07) is 12.0. The van der Waals surface area contributed by atoms with Gasteiger partial charge in [0.1, 0.15) is 18.3 Å². The fourth-order valence-corrected chi connectivity index (χ4v) is 2.22. The van der Waals surface area contributed by atoms with Gasteiger partial charge in [-0.15, -0.1) is 10.2 Å². The minimum Gasteiger partial charge on any atom is -0.472 e. The summed E-state index contributed by atoms with van der Waals surface area (Å²) in [4.78, 5) is 15.9. The number of hydrogen-bond acceptors (Lipinski definition) is 6. The van der Waals surface area contributed by atoms with Gasteiger partial charge in [-0.05, 0) is 36.4 Å². The standard InChI is InChI=1S/C18H13N5O3/c24-18(13-7-10-25-11-13)20-14-1-3-15(4-2-14)26-17-6-5-16(21-22-17)23-9-8-19-12-23/h1-12H,(H,20,24). The Labute approximate surface area is 148 Å². The Hall–Kier alpha value is -3.94. The highest BCUT2D eigenvalue weighted by Gasteiger charge is 2.07. The molecule has 4 rings (SSSR count). The summed E-state index contributed by atoms with van der Waals surface area (Å²) < 4.78 is 12.3. The number of furan rings is 1. The number of hydrogen-bond donors (Lipinski definition) is 1. The quantitative estimate of drug-likeness (QED) is 0.595. The van der Waals surface area contributed by atoms with E-state index in [1.807, 2.05) is 0 Å². The lowest BCUT2D eigenvalue weighted by atomic mass is 10.2. The lowest BCUT2D eigenvalue weighted by Crippen LogP contribution is -2.10. The van der Waals surface area contributed by atoms with Crippen molar-refractivity contribution in [3.8, 4) is 17.4 Å². The van der Waals surface area contributed by atoms with Crippen molar-refractivity contribution in [3.05, 3.63) is 79.3 Å². The van der Waals surface area contributed by atoms with E-state index >= 15 is 0 Å². The minimum absolute atomic E-state index is 0.242. The van der Waals surface area contributed by atoms with Gasteiger partial charge in [0.2, 0.25) is 5.88 Å². The molecule has 0 bridgehead atoms. The van der Waals surface area contributed by atoms with E-state index in [0.29, 0.717) is 28.7 Å². The van der Waals surface area contributed by atoms with Crippen molar-refractivity contribution < 1.29 is 13.9 Å². The highest BCUT2D eigenvalue weighted by Crippen LogP contribution is 2.21. The van der Waals surface area contributed by atoms with Crippen molar-refractivity contribution in [2.24, 2.45) is 0 Å². The van der Waals surface area contributed by atoms with Crippen LogP contribution in [0.4, 0.5) is 5.69 Å². The Morgan fingerprint density at radius 2 is 1.96 bits per heavy atom. The molecule has 128 valence electrons. The number of rotatable bonds is 5. The first-order valence-electron chi connectivity index (χ1n) is 7.71. The monoisotopic (exact) mass is 347 g/mol. The van der Waals surface area contributed by atoms with Crippen LogP contribution in [0.25, 0.3) is 5.82 Å². The highest BCUT2D eigenvalue weighted by molar-refractivity contribution is 6.03. The fraction of sp³-hybridized carbons (Fsp3) is 0. The van der Waals surface area contributed by atoms with Crippen molar-refractivity contribution in [1.29, 1.82) is 0 Å². The number of benzene rings is 1. The molecule has 0 saturated heterocycles. The van der Waals surface area contributed by atoms with Crippen molar-refractivity contribution in [2.45, 2.75) is 0 Å². The van der Waals surface area contributed by atoms with E-state index in [-0.39, 0.29) is 5.91 Å². The SMILES string of the molecule is O=C(Nc1ccc(Oc2ccc(-n3ccnc3)nn2)cc1)c1ccoc1. The summed E-state index contributed by atoms with van der Waals surface area (Å²) in [5.41, 5.74) is 1.10. The molecule has 3 aromatic heterocycles. The number of aromatic nitrogens is 4. The molecule has 1 amide bonds. The van der Waals surface area contributed by atoms with Gasteiger partial charge in [0.05, 0.1) is 11.8 Å². The van der Waals surface area contributed by atoms with Gasteiger partial charge in [0.25, 0.3) is 5.91 Å². The Balaban J connectivity index is 1.40. The van der Waals surface area contributed by atoms with Crippen molar-refractivity contribution in [3.63, 3.8) is 0 Å². The summed E-state index contributed by atoms with van der Waals surface area (Å²) >= 11 is 0. The fourth-order valence-electron chi connectivity index (χ4n) is 2.22. The molecule has 1 N–H and O–H groups in total. The maximum Gasteiger partial charge on any atom is 0.258 e. The van der Waals surface area contributed by atoms with Gasteiger partial charge < -0.3 is 14.5 Å². The van der Waals surface area contributed by atoms with Crippen LogP contribution in [0.1, 0.15) is 10.4 Å². The highest BCUT2D eigenvalue weighted by atomic mass is 16.5. The van der Waals surface area contributed by atoms with Crippen LogP contribution in [0.15, 0.2) is 78.1 Å². The van der Waals surface area contributed by atoms with Crippen molar-refractivity contribution in [1.82, 2.24) is 19.7 Å². The first kappa shape index (κ1) is 15.6. The lowest BCUT2D eigenvalue weighted by molar-refractivity contribution is 0.102. The predicted octanol–water partition coefficient (Wildman–Crippen LogP) is 3.30. The number of anilines is 1.